The van der Waals surface area contributed by atoms with Crippen molar-refractivity contribution in [3.05, 3.63) is 29.8 Å². The van der Waals surface area contributed by atoms with E-state index >= 15 is 0 Å². The number of thioether (sulfide) groups is 1. The highest BCUT2D eigenvalue weighted by Crippen LogP contribution is 2.38. The summed E-state index contributed by atoms with van der Waals surface area (Å²) in [6.07, 6.45) is 2.16. The highest BCUT2D eigenvalue weighted by molar-refractivity contribution is 8.00. The number of hydrogen-bond acceptors (Lipinski definition) is 3. The SMILES string of the molecule is CC(C)(C)Sc1ccccc1[C@@H](N)C1CCOCC1. The molecule has 0 bridgehead atoms. The zero-order valence-electron chi connectivity index (χ0n) is 12.2. The van der Waals surface area contributed by atoms with Crippen molar-refractivity contribution in [2.45, 2.75) is 49.3 Å². The summed E-state index contributed by atoms with van der Waals surface area (Å²) in [5.41, 5.74) is 7.82. The van der Waals surface area contributed by atoms with E-state index in [0.29, 0.717) is 5.92 Å². The number of rotatable bonds is 3. The van der Waals surface area contributed by atoms with Crippen LogP contribution in [0.2, 0.25) is 0 Å². The van der Waals surface area contributed by atoms with Crippen LogP contribution in [0, 0.1) is 5.92 Å². The molecule has 1 heterocycles. The molecule has 0 amide bonds. The molecule has 0 aliphatic carbocycles. The van der Waals surface area contributed by atoms with Gasteiger partial charge in [-0.2, -0.15) is 0 Å². The molecule has 0 saturated carbocycles. The molecule has 0 spiro atoms. The molecule has 3 heteroatoms. The summed E-state index contributed by atoms with van der Waals surface area (Å²) in [5, 5.41) is 0. The minimum Gasteiger partial charge on any atom is -0.381 e. The molecule has 2 rings (SSSR count). The van der Waals surface area contributed by atoms with Crippen molar-refractivity contribution in [2.24, 2.45) is 11.7 Å². The van der Waals surface area contributed by atoms with E-state index in [1.54, 1.807) is 0 Å². The first kappa shape index (κ1) is 14.9. The van der Waals surface area contributed by atoms with Crippen molar-refractivity contribution in [1.29, 1.82) is 0 Å². The third kappa shape index (κ3) is 4.23. The Hall–Kier alpha value is -0.510. The molecule has 1 aromatic rings. The Morgan fingerprint density at radius 2 is 1.84 bits per heavy atom. The lowest BCUT2D eigenvalue weighted by atomic mass is 9.88. The van der Waals surface area contributed by atoms with Gasteiger partial charge in [0.05, 0.1) is 0 Å². The first-order valence-electron chi connectivity index (χ1n) is 7.08. The van der Waals surface area contributed by atoms with Gasteiger partial charge in [0.15, 0.2) is 0 Å². The summed E-state index contributed by atoms with van der Waals surface area (Å²) in [4.78, 5) is 1.33. The maximum Gasteiger partial charge on any atom is 0.0469 e. The number of hydrogen-bond donors (Lipinski definition) is 1. The Balaban J connectivity index is 2.18. The van der Waals surface area contributed by atoms with Gasteiger partial charge in [-0.05, 0) is 30.4 Å². The standard InChI is InChI=1S/C16H25NOS/c1-16(2,3)19-14-7-5-4-6-13(14)15(17)12-8-10-18-11-9-12/h4-7,12,15H,8-11,17H2,1-3H3/t15-/m0/s1. The summed E-state index contributed by atoms with van der Waals surface area (Å²) in [5.74, 6) is 0.551. The maximum atomic E-state index is 6.52. The van der Waals surface area contributed by atoms with E-state index in [2.05, 4.69) is 45.0 Å². The first-order chi connectivity index (χ1) is 8.97. The van der Waals surface area contributed by atoms with Gasteiger partial charge in [-0.15, -0.1) is 11.8 Å². The van der Waals surface area contributed by atoms with Gasteiger partial charge in [-0.25, -0.2) is 0 Å². The van der Waals surface area contributed by atoms with E-state index in [1.165, 1.54) is 10.5 Å². The third-order valence-corrected chi connectivity index (χ3v) is 4.67. The van der Waals surface area contributed by atoms with Crippen molar-refractivity contribution >= 4 is 11.8 Å². The Morgan fingerprint density at radius 3 is 2.47 bits per heavy atom. The lowest BCUT2D eigenvalue weighted by Gasteiger charge is -2.30. The molecule has 106 valence electrons. The monoisotopic (exact) mass is 279 g/mol. The maximum absolute atomic E-state index is 6.52. The smallest absolute Gasteiger partial charge is 0.0469 e. The van der Waals surface area contributed by atoms with Crippen molar-refractivity contribution in [3.8, 4) is 0 Å². The zero-order valence-corrected chi connectivity index (χ0v) is 13.0. The quantitative estimate of drug-likeness (QED) is 0.849. The first-order valence-corrected chi connectivity index (χ1v) is 7.90. The van der Waals surface area contributed by atoms with Crippen LogP contribution in [0.25, 0.3) is 0 Å². The van der Waals surface area contributed by atoms with Crippen molar-refractivity contribution < 1.29 is 4.74 Å². The van der Waals surface area contributed by atoms with Gasteiger partial charge in [0, 0.05) is 28.9 Å². The Morgan fingerprint density at radius 1 is 1.21 bits per heavy atom. The molecule has 19 heavy (non-hydrogen) atoms. The predicted molar refractivity (Wildman–Crippen MR) is 82.5 cm³/mol. The topological polar surface area (TPSA) is 35.2 Å². The largest absolute Gasteiger partial charge is 0.381 e. The molecular formula is C16H25NOS. The van der Waals surface area contributed by atoms with Crippen LogP contribution >= 0.6 is 11.8 Å². The lowest BCUT2D eigenvalue weighted by Crippen LogP contribution is -2.28. The molecule has 0 aromatic heterocycles. The molecule has 1 aliphatic heterocycles. The molecule has 0 unspecified atom stereocenters. The van der Waals surface area contributed by atoms with Crippen LogP contribution in [0.5, 0.6) is 0 Å². The van der Waals surface area contributed by atoms with Crippen molar-refractivity contribution in [1.82, 2.24) is 0 Å². The van der Waals surface area contributed by atoms with Crippen LogP contribution in [0.15, 0.2) is 29.2 Å². The minimum atomic E-state index is 0.134. The van der Waals surface area contributed by atoms with Crippen LogP contribution < -0.4 is 5.73 Å². The second-order valence-electron chi connectivity index (χ2n) is 6.23. The van der Waals surface area contributed by atoms with E-state index in [1.807, 2.05) is 11.8 Å². The zero-order chi connectivity index (χ0) is 13.9. The van der Waals surface area contributed by atoms with Crippen molar-refractivity contribution in [3.63, 3.8) is 0 Å². The summed E-state index contributed by atoms with van der Waals surface area (Å²) in [6.45, 7) is 8.44. The molecule has 1 aromatic carbocycles. The van der Waals surface area contributed by atoms with E-state index in [-0.39, 0.29) is 10.8 Å². The van der Waals surface area contributed by atoms with Gasteiger partial charge in [0.2, 0.25) is 0 Å². The molecule has 1 fully saturated rings. The molecule has 2 N–H and O–H groups in total. The minimum absolute atomic E-state index is 0.134. The van der Waals surface area contributed by atoms with Gasteiger partial charge in [0.25, 0.3) is 0 Å². The fourth-order valence-electron chi connectivity index (χ4n) is 2.51. The number of benzene rings is 1. The average Bonchev–Trinajstić information content (AvgIpc) is 2.38. The number of ether oxygens (including phenoxy) is 1. The second kappa shape index (κ2) is 6.29. The summed E-state index contributed by atoms with van der Waals surface area (Å²) in [6, 6.07) is 8.73. The molecule has 1 aliphatic rings. The lowest BCUT2D eigenvalue weighted by molar-refractivity contribution is 0.0581. The second-order valence-corrected chi connectivity index (χ2v) is 8.10. The van der Waals surface area contributed by atoms with Gasteiger partial charge in [-0.3, -0.25) is 0 Å². The molecule has 1 atom stereocenters. The van der Waals surface area contributed by atoms with E-state index in [4.69, 9.17) is 10.5 Å². The third-order valence-electron chi connectivity index (χ3n) is 3.47. The van der Waals surface area contributed by atoms with Crippen LogP contribution in [0.3, 0.4) is 0 Å². The van der Waals surface area contributed by atoms with Gasteiger partial charge in [-0.1, -0.05) is 39.0 Å². The van der Waals surface area contributed by atoms with E-state index < -0.39 is 0 Å². The van der Waals surface area contributed by atoms with E-state index in [9.17, 15) is 0 Å². The van der Waals surface area contributed by atoms with E-state index in [0.717, 1.165) is 26.1 Å². The van der Waals surface area contributed by atoms with Crippen molar-refractivity contribution in [2.75, 3.05) is 13.2 Å². The van der Waals surface area contributed by atoms with Gasteiger partial charge < -0.3 is 10.5 Å². The molecule has 2 nitrogen and oxygen atoms in total. The fourth-order valence-corrected chi connectivity index (χ4v) is 3.64. The highest BCUT2D eigenvalue weighted by atomic mass is 32.2. The summed E-state index contributed by atoms with van der Waals surface area (Å²) < 4.78 is 5.65. The van der Waals surface area contributed by atoms with Crippen LogP contribution in [-0.2, 0) is 4.74 Å². The van der Waals surface area contributed by atoms with Gasteiger partial charge in [0.1, 0.15) is 0 Å². The van der Waals surface area contributed by atoms with Gasteiger partial charge >= 0.3 is 0 Å². The van der Waals surface area contributed by atoms with Crippen LogP contribution in [0.4, 0.5) is 0 Å². The Kier molecular flexibility index (Phi) is 4.93. The Labute approximate surface area is 121 Å². The number of nitrogens with two attached hydrogens (primary N) is 1. The average molecular weight is 279 g/mol. The summed E-state index contributed by atoms with van der Waals surface area (Å²) in [7, 11) is 0. The fraction of sp³-hybridized carbons (Fsp3) is 0.625. The highest BCUT2D eigenvalue weighted by Gasteiger charge is 2.25. The van der Waals surface area contributed by atoms with Crippen LogP contribution in [0.1, 0.15) is 45.2 Å². The molecule has 0 radical (unpaired) electrons. The molecule has 1 saturated heterocycles. The predicted octanol–water partition coefficient (Wildman–Crippen LogP) is 4.00. The summed E-state index contributed by atoms with van der Waals surface area (Å²) >= 11 is 1.91. The normalized spacial score (nSPS) is 19.4. The van der Waals surface area contributed by atoms with Crippen LogP contribution in [-0.4, -0.2) is 18.0 Å². The molecular weight excluding hydrogens is 254 g/mol. The Bertz CT molecular complexity index is 407.